The van der Waals surface area contributed by atoms with E-state index in [0.717, 1.165) is 25.1 Å². The number of nitrogens with zero attached hydrogens (tertiary/aromatic N) is 2. The molecule has 0 spiro atoms. The maximum atomic E-state index is 12.6. The van der Waals surface area contributed by atoms with Gasteiger partial charge in [0.05, 0.1) is 13.1 Å². The quantitative estimate of drug-likeness (QED) is 0.654. The van der Waals surface area contributed by atoms with Crippen molar-refractivity contribution in [1.29, 1.82) is 0 Å². The Hall–Kier alpha value is -2.34. The van der Waals surface area contributed by atoms with Crippen LogP contribution in [0.1, 0.15) is 21.7 Å². The summed E-state index contributed by atoms with van der Waals surface area (Å²) >= 11 is 1.76. The van der Waals surface area contributed by atoms with Crippen molar-refractivity contribution >= 4 is 28.9 Å². The number of amides is 1. The normalized spacial score (nSPS) is 14.2. The van der Waals surface area contributed by atoms with Crippen molar-refractivity contribution in [2.45, 2.75) is 26.3 Å². The molecule has 0 fully saturated rings. The Bertz CT molecular complexity index is 768. The average Bonchev–Trinajstić information content (AvgIpc) is 3.06. The number of benzene rings is 1. The van der Waals surface area contributed by atoms with Crippen LogP contribution < -0.4 is 15.5 Å². The van der Waals surface area contributed by atoms with Crippen LogP contribution in [-0.2, 0) is 17.8 Å². The lowest BCUT2D eigenvalue weighted by Gasteiger charge is -2.29. The summed E-state index contributed by atoms with van der Waals surface area (Å²) in [6, 6.07) is 12.4. The summed E-state index contributed by atoms with van der Waals surface area (Å²) in [4.78, 5) is 21.3. The van der Waals surface area contributed by atoms with Crippen LogP contribution in [0.3, 0.4) is 0 Å². The zero-order chi connectivity index (χ0) is 17.6. The predicted molar refractivity (Wildman–Crippen MR) is 104 cm³/mol. The van der Waals surface area contributed by atoms with Gasteiger partial charge in [-0.25, -0.2) is 0 Å². The van der Waals surface area contributed by atoms with Gasteiger partial charge >= 0.3 is 0 Å². The number of carbonyl (C=O) groups is 1. The topological polar surface area (TPSA) is 56.7 Å². The molecule has 0 aliphatic carbocycles. The van der Waals surface area contributed by atoms with E-state index in [4.69, 9.17) is 0 Å². The molecule has 1 aliphatic rings. The van der Waals surface area contributed by atoms with Crippen molar-refractivity contribution in [3.05, 3.63) is 51.7 Å². The number of thiophene rings is 1. The summed E-state index contributed by atoms with van der Waals surface area (Å²) < 4.78 is 0. The number of aryl methyl sites for hydroxylation is 2. The minimum absolute atomic E-state index is 0.0714. The lowest BCUT2D eigenvalue weighted by atomic mass is 10.0. The van der Waals surface area contributed by atoms with Gasteiger partial charge in [0.15, 0.2) is 5.96 Å². The highest BCUT2D eigenvalue weighted by atomic mass is 32.1. The van der Waals surface area contributed by atoms with Gasteiger partial charge < -0.3 is 15.5 Å². The third-order valence-corrected chi connectivity index (χ3v) is 5.27. The minimum atomic E-state index is 0.0714. The molecule has 0 saturated carbocycles. The first-order valence-corrected chi connectivity index (χ1v) is 9.37. The average molecular weight is 356 g/mol. The van der Waals surface area contributed by atoms with Crippen molar-refractivity contribution in [3.8, 4) is 0 Å². The Morgan fingerprint density at radius 1 is 1.24 bits per heavy atom. The van der Waals surface area contributed by atoms with Crippen molar-refractivity contribution < 1.29 is 4.79 Å². The molecular weight excluding hydrogens is 332 g/mol. The molecule has 1 aromatic heterocycles. The largest absolute Gasteiger partial charge is 0.352 e. The number of hydrogen-bond donors (Lipinski definition) is 2. The molecule has 6 heteroatoms. The van der Waals surface area contributed by atoms with Crippen LogP contribution in [0.2, 0.25) is 0 Å². The standard InChI is InChI=1S/C19H24N4OS/c1-14-9-10-16(25-14)12-21-19(20-2)22-13-18(24)23-11-5-7-15-6-3-4-8-17(15)23/h3-4,6,8-10H,5,7,11-13H2,1-2H3,(H2,20,21,22). The zero-order valence-corrected chi connectivity index (χ0v) is 15.5. The first-order chi connectivity index (χ1) is 12.2. The van der Waals surface area contributed by atoms with Crippen LogP contribution in [0, 0.1) is 6.92 Å². The van der Waals surface area contributed by atoms with E-state index in [1.54, 1.807) is 18.4 Å². The van der Waals surface area contributed by atoms with E-state index in [9.17, 15) is 4.79 Å². The summed E-state index contributed by atoms with van der Waals surface area (Å²) in [5.74, 6) is 0.715. The summed E-state index contributed by atoms with van der Waals surface area (Å²) in [5, 5.41) is 6.38. The van der Waals surface area contributed by atoms with E-state index >= 15 is 0 Å². The van der Waals surface area contributed by atoms with Crippen LogP contribution in [0.4, 0.5) is 5.69 Å². The molecule has 0 saturated heterocycles. The van der Waals surface area contributed by atoms with E-state index in [0.29, 0.717) is 12.5 Å². The summed E-state index contributed by atoms with van der Waals surface area (Å²) in [7, 11) is 1.72. The maximum Gasteiger partial charge on any atom is 0.246 e. The highest BCUT2D eigenvalue weighted by Gasteiger charge is 2.21. The van der Waals surface area contributed by atoms with Gasteiger partial charge in [-0.2, -0.15) is 0 Å². The lowest BCUT2D eigenvalue weighted by Crippen LogP contribution is -2.45. The van der Waals surface area contributed by atoms with Crippen LogP contribution >= 0.6 is 11.3 Å². The molecule has 0 bridgehead atoms. The highest BCUT2D eigenvalue weighted by Crippen LogP contribution is 2.26. The number of para-hydroxylation sites is 1. The second-order valence-electron chi connectivity index (χ2n) is 6.07. The van der Waals surface area contributed by atoms with Gasteiger partial charge in [-0.15, -0.1) is 11.3 Å². The Balaban J connectivity index is 1.54. The minimum Gasteiger partial charge on any atom is -0.352 e. The fourth-order valence-electron chi connectivity index (χ4n) is 3.02. The van der Waals surface area contributed by atoms with E-state index in [1.807, 2.05) is 23.1 Å². The molecule has 25 heavy (non-hydrogen) atoms. The summed E-state index contributed by atoms with van der Waals surface area (Å²) in [6.07, 6.45) is 2.05. The molecule has 1 aromatic carbocycles. The number of carbonyl (C=O) groups excluding carboxylic acids is 1. The summed E-state index contributed by atoms with van der Waals surface area (Å²) in [6.45, 7) is 3.81. The zero-order valence-electron chi connectivity index (χ0n) is 14.7. The third-order valence-electron chi connectivity index (χ3n) is 4.27. The lowest BCUT2D eigenvalue weighted by molar-refractivity contribution is -0.117. The number of fused-ring (bicyclic) bond motifs is 1. The fourth-order valence-corrected chi connectivity index (χ4v) is 3.85. The smallest absolute Gasteiger partial charge is 0.246 e. The van der Waals surface area contributed by atoms with E-state index < -0.39 is 0 Å². The second-order valence-corrected chi connectivity index (χ2v) is 7.44. The van der Waals surface area contributed by atoms with Crippen molar-refractivity contribution in [1.82, 2.24) is 10.6 Å². The Labute approximate surface area is 152 Å². The van der Waals surface area contributed by atoms with Crippen molar-refractivity contribution in [2.24, 2.45) is 4.99 Å². The molecular formula is C19H24N4OS. The molecule has 0 radical (unpaired) electrons. The fraction of sp³-hybridized carbons (Fsp3) is 0.368. The van der Waals surface area contributed by atoms with Gasteiger partial charge in [0.1, 0.15) is 0 Å². The predicted octanol–water partition coefficient (Wildman–Crippen LogP) is 2.70. The number of guanidine groups is 1. The number of aliphatic imine (C=N–C) groups is 1. The SMILES string of the molecule is CN=C(NCC(=O)N1CCCc2ccccc21)NCc1ccc(C)s1. The Morgan fingerprint density at radius 2 is 2.08 bits per heavy atom. The highest BCUT2D eigenvalue weighted by molar-refractivity contribution is 7.11. The molecule has 0 unspecified atom stereocenters. The van der Waals surface area contributed by atoms with Gasteiger partial charge in [0, 0.05) is 29.0 Å². The van der Waals surface area contributed by atoms with Gasteiger partial charge in [-0.05, 0) is 43.5 Å². The van der Waals surface area contributed by atoms with Gasteiger partial charge in [-0.1, -0.05) is 18.2 Å². The van der Waals surface area contributed by atoms with Crippen molar-refractivity contribution in [2.75, 3.05) is 25.0 Å². The third kappa shape index (κ3) is 4.39. The summed E-state index contributed by atoms with van der Waals surface area (Å²) in [5.41, 5.74) is 2.29. The molecule has 2 heterocycles. The van der Waals surface area contributed by atoms with Crippen LogP contribution in [0.25, 0.3) is 0 Å². The molecule has 2 N–H and O–H groups in total. The van der Waals surface area contributed by atoms with Gasteiger partial charge in [0.2, 0.25) is 5.91 Å². The maximum absolute atomic E-state index is 12.6. The van der Waals surface area contributed by atoms with E-state index in [1.165, 1.54) is 15.3 Å². The number of anilines is 1. The molecule has 2 aromatic rings. The van der Waals surface area contributed by atoms with Crippen LogP contribution in [0.15, 0.2) is 41.4 Å². The molecule has 132 valence electrons. The van der Waals surface area contributed by atoms with Gasteiger partial charge in [-0.3, -0.25) is 9.79 Å². The Kier molecular flexibility index (Phi) is 5.71. The van der Waals surface area contributed by atoms with Crippen LogP contribution in [0.5, 0.6) is 0 Å². The first kappa shape index (κ1) is 17.5. The Morgan fingerprint density at radius 3 is 2.84 bits per heavy atom. The monoisotopic (exact) mass is 356 g/mol. The van der Waals surface area contributed by atoms with E-state index in [-0.39, 0.29) is 12.5 Å². The molecule has 1 aliphatic heterocycles. The number of hydrogen-bond acceptors (Lipinski definition) is 3. The molecule has 1 amide bonds. The number of rotatable bonds is 4. The van der Waals surface area contributed by atoms with E-state index in [2.05, 4.69) is 40.7 Å². The van der Waals surface area contributed by atoms with Crippen LogP contribution in [-0.4, -0.2) is 32.0 Å². The van der Waals surface area contributed by atoms with Crippen molar-refractivity contribution in [3.63, 3.8) is 0 Å². The van der Waals surface area contributed by atoms with Gasteiger partial charge in [0.25, 0.3) is 0 Å². The second kappa shape index (κ2) is 8.16. The molecule has 3 rings (SSSR count). The number of nitrogens with one attached hydrogen (secondary N) is 2. The first-order valence-electron chi connectivity index (χ1n) is 8.55. The molecule has 5 nitrogen and oxygen atoms in total. The molecule has 0 atom stereocenters.